The molecule has 1 unspecified atom stereocenters. The second-order valence-corrected chi connectivity index (χ2v) is 5.48. The molecule has 0 radical (unpaired) electrons. The van der Waals surface area contributed by atoms with Crippen LogP contribution in [0.15, 0.2) is 24.3 Å². The zero-order valence-corrected chi connectivity index (χ0v) is 13.3. The number of nitrogens with zero attached hydrogens (tertiary/aromatic N) is 1. The number of hydrogen-bond acceptors (Lipinski definition) is 4. The topological polar surface area (TPSA) is 48.0 Å². The van der Waals surface area contributed by atoms with Gasteiger partial charge in [-0.05, 0) is 44.0 Å². The maximum absolute atomic E-state index is 12.1. The zero-order valence-electron chi connectivity index (χ0n) is 13.3. The Kier molecular flexibility index (Phi) is 6.16. The molecule has 0 saturated carbocycles. The van der Waals surface area contributed by atoms with E-state index in [0.29, 0.717) is 32.1 Å². The maximum Gasteiger partial charge on any atom is 0.573 e. The van der Waals surface area contributed by atoms with Gasteiger partial charge in [0, 0.05) is 19.0 Å². The van der Waals surface area contributed by atoms with Gasteiger partial charge in [0.25, 0.3) is 0 Å². The number of rotatable bonds is 5. The van der Waals surface area contributed by atoms with Crippen molar-refractivity contribution in [2.24, 2.45) is 5.92 Å². The van der Waals surface area contributed by atoms with E-state index in [4.69, 9.17) is 9.47 Å². The van der Waals surface area contributed by atoms with Crippen LogP contribution in [0.3, 0.4) is 0 Å². The molecule has 0 N–H and O–H groups in total. The van der Waals surface area contributed by atoms with Gasteiger partial charge in [-0.3, -0.25) is 0 Å². The Balaban J connectivity index is 1.81. The van der Waals surface area contributed by atoms with Crippen molar-refractivity contribution in [3.63, 3.8) is 0 Å². The Morgan fingerprint density at radius 1 is 1.25 bits per heavy atom. The number of likely N-dealkylation sites (tertiary alicyclic amines) is 1. The first-order chi connectivity index (χ1) is 11.4. The summed E-state index contributed by atoms with van der Waals surface area (Å²) in [5, 5.41) is 0. The van der Waals surface area contributed by atoms with Gasteiger partial charge in [-0.1, -0.05) is 0 Å². The summed E-state index contributed by atoms with van der Waals surface area (Å²) in [6.45, 7) is 3.69. The average Bonchev–Trinajstić information content (AvgIpc) is 2.53. The molecule has 1 atom stereocenters. The van der Waals surface area contributed by atoms with E-state index in [1.807, 2.05) is 0 Å². The van der Waals surface area contributed by atoms with Crippen LogP contribution in [0, 0.1) is 5.92 Å². The van der Waals surface area contributed by atoms with E-state index >= 15 is 0 Å². The van der Waals surface area contributed by atoms with E-state index in [1.165, 1.54) is 24.3 Å². The van der Waals surface area contributed by atoms with Crippen LogP contribution in [-0.2, 0) is 4.74 Å². The summed E-state index contributed by atoms with van der Waals surface area (Å²) in [6, 6.07) is 5.25. The first-order valence-corrected chi connectivity index (χ1v) is 7.77. The summed E-state index contributed by atoms with van der Waals surface area (Å²) in [5.74, 6) is 0.327. The molecule has 1 heterocycles. The quantitative estimate of drug-likeness (QED) is 0.812. The fourth-order valence-corrected chi connectivity index (χ4v) is 2.53. The highest BCUT2D eigenvalue weighted by atomic mass is 19.4. The molecule has 1 aromatic rings. The summed E-state index contributed by atoms with van der Waals surface area (Å²) in [4.78, 5) is 13.4. The number of carbonyl (C=O) groups is 1. The average molecular weight is 347 g/mol. The first kappa shape index (κ1) is 18.2. The van der Waals surface area contributed by atoms with Gasteiger partial charge in [-0.25, -0.2) is 4.79 Å². The number of hydrogen-bond donors (Lipinski definition) is 0. The lowest BCUT2D eigenvalue weighted by Gasteiger charge is -2.31. The third kappa shape index (κ3) is 5.82. The molecule has 134 valence electrons. The van der Waals surface area contributed by atoms with Crippen molar-refractivity contribution >= 4 is 6.09 Å². The van der Waals surface area contributed by atoms with Crippen LogP contribution in [0.4, 0.5) is 18.0 Å². The summed E-state index contributed by atoms with van der Waals surface area (Å²) >= 11 is 0. The van der Waals surface area contributed by atoms with E-state index in [0.717, 1.165) is 12.8 Å². The predicted octanol–water partition coefficient (Wildman–Crippen LogP) is 3.83. The molecular formula is C16H20F3NO4. The van der Waals surface area contributed by atoms with Crippen molar-refractivity contribution in [3.05, 3.63) is 24.3 Å². The van der Waals surface area contributed by atoms with Crippen molar-refractivity contribution in [2.75, 3.05) is 26.3 Å². The van der Waals surface area contributed by atoms with Crippen LogP contribution < -0.4 is 9.47 Å². The zero-order chi connectivity index (χ0) is 17.6. The maximum atomic E-state index is 12.1. The van der Waals surface area contributed by atoms with Gasteiger partial charge in [0.1, 0.15) is 11.5 Å². The molecule has 1 aliphatic heterocycles. The van der Waals surface area contributed by atoms with Crippen LogP contribution in [0.5, 0.6) is 11.5 Å². The number of piperidine rings is 1. The molecule has 2 rings (SSSR count). The van der Waals surface area contributed by atoms with Gasteiger partial charge in [-0.15, -0.1) is 13.2 Å². The molecule has 0 aromatic heterocycles. The highest BCUT2D eigenvalue weighted by Gasteiger charge is 2.31. The molecule has 5 nitrogen and oxygen atoms in total. The monoisotopic (exact) mass is 347 g/mol. The number of amides is 1. The normalized spacial score (nSPS) is 18.2. The Morgan fingerprint density at radius 2 is 1.92 bits per heavy atom. The van der Waals surface area contributed by atoms with Gasteiger partial charge in [-0.2, -0.15) is 0 Å². The molecular weight excluding hydrogens is 327 g/mol. The third-order valence-corrected chi connectivity index (χ3v) is 3.59. The standard InChI is InChI=1S/C16H20F3NO4/c1-2-22-15(21)20-9-3-4-12(10-20)11-23-13-5-7-14(8-6-13)24-16(17,18)19/h5-8,12H,2-4,9-11H2,1H3. The molecule has 1 fully saturated rings. The highest BCUT2D eigenvalue weighted by Crippen LogP contribution is 2.25. The van der Waals surface area contributed by atoms with Crippen molar-refractivity contribution in [2.45, 2.75) is 26.1 Å². The van der Waals surface area contributed by atoms with Crippen LogP contribution >= 0.6 is 0 Å². The van der Waals surface area contributed by atoms with Crippen LogP contribution in [0.25, 0.3) is 0 Å². The fourth-order valence-electron chi connectivity index (χ4n) is 2.53. The Hall–Kier alpha value is -2.12. The Bertz CT molecular complexity index is 533. The predicted molar refractivity (Wildman–Crippen MR) is 79.9 cm³/mol. The number of carbonyl (C=O) groups excluding carboxylic acids is 1. The fraction of sp³-hybridized carbons (Fsp3) is 0.562. The number of alkyl halides is 3. The van der Waals surface area contributed by atoms with Crippen LogP contribution in [0.2, 0.25) is 0 Å². The molecule has 0 spiro atoms. The van der Waals surface area contributed by atoms with E-state index < -0.39 is 6.36 Å². The van der Waals surface area contributed by atoms with Crippen molar-refractivity contribution in [3.8, 4) is 11.5 Å². The summed E-state index contributed by atoms with van der Waals surface area (Å²) in [7, 11) is 0. The lowest BCUT2D eigenvalue weighted by atomic mass is 9.99. The molecule has 0 aliphatic carbocycles. The largest absolute Gasteiger partial charge is 0.573 e. The molecule has 1 amide bonds. The Labute approximate surface area is 138 Å². The van der Waals surface area contributed by atoms with Crippen molar-refractivity contribution < 1.29 is 32.2 Å². The van der Waals surface area contributed by atoms with Gasteiger partial charge in [0.15, 0.2) is 0 Å². The van der Waals surface area contributed by atoms with E-state index in [2.05, 4.69) is 4.74 Å². The third-order valence-electron chi connectivity index (χ3n) is 3.59. The lowest BCUT2D eigenvalue weighted by molar-refractivity contribution is -0.274. The summed E-state index contributed by atoms with van der Waals surface area (Å²) < 4.78 is 50.7. The molecule has 1 aromatic carbocycles. The van der Waals surface area contributed by atoms with Gasteiger partial charge < -0.3 is 19.1 Å². The SMILES string of the molecule is CCOC(=O)N1CCCC(COc2ccc(OC(F)(F)F)cc2)C1. The molecule has 1 aliphatic rings. The van der Waals surface area contributed by atoms with Crippen molar-refractivity contribution in [1.29, 1.82) is 0 Å². The van der Waals surface area contributed by atoms with E-state index in [1.54, 1.807) is 11.8 Å². The van der Waals surface area contributed by atoms with E-state index in [9.17, 15) is 18.0 Å². The molecule has 24 heavy (non-hydrogen) atoms. The molecule has 8 heteroatoms. The number of halogens is 3. The van der Waals surface area contributed by atoms with E-state index in [-0.39, 0.29) is 17.8 Å². The lowest BCUT2D eigenvalue weighted by Crippen LogP contribution is -2.41. The van der Waals surface area contributed by atoms with Crippen LogP contribution in [0.1, 0.15) is 19.8 Å². The summed E-state index contributed by atoms with van der Waals surface area (Å²) in [5.41, 5.74) is 0. The Morgan fingerprint density at radius 3 is 2.54 bits per heavy atom. The van der Waals surface area contributed by atoms with Gasteiger partial charge in [0.2, 0.25) is 0 Å². The molecule has 0 bridgehead atoms. The second-order valence-electron chi connectivity index (χ2n) is 5.48. The smallest absolute Gasteiger partial charge is 0.493 e. The number of benzene rings is 1. The minimum absolute atomic E-state index is 0.161. The van der Waals surface area contributed by atoms with Gasteiger partial charge in [0.05, 0.1) is 13.2 Å². The van der Waals surface area contributed by atoms with Gasteiger partial charge >= 0.3 is 12.5 Å². The number of ether oxygens (including phenoxy) is 3. The minimum atomic E-state index is -4.71. The second kappa shape index (κ2) is 8.12. The minimum Gasteiger partial charge on any atom is -0.493 e. The first-order valence-electron chi connectivity index (χ1n) is 7.77. The van der Waals surface area contributed by atoms with Crippen molar-refractivity contribution in [1.82, 2.24) is 4.90 Å². The highest BCUT2D eigenvalue weighted by molar-refractivity contribution is 5.67. The van der Waals surface area contributed by atoms with Crippen LogP contribution in [-0.4, -0.2) is 43.7 Å². The summed E-state index contributed by atoms with van der Waals surface area (Å²) in [6.07, 6.45) is -3.24. The molecule has 1 saturated heterocycles.